The zero-order valence-corrected chi connectivity index (χ0v) is 6.95. The van der Waals surface area contributed by atoms with Gasteiger partial charge in [-0.15, -0.1) is 0 Å². The average molecular weight is 175 g/mol. The molecule has 0 radical (unpaired) electrons. The van der Waals surface area contributed by atoms with E-state index in [2.05, 4.69) is 4.98 Å². The molecule has 3 N–H and O–H groups in total. The van der Waals surface area contributed by atoms with Crippen LogP contribution in [0.2, 0.25) is 0 Å². The molecule has 4 heteroatoms. The largest absolute Gasteiger partial charge is 0.487 e. The number of rotatable bonds is 1. The molecule has 0 saturated heterocycles. The van der Waals surface area contributed by atoms with E-state index in [1.54, 1.807) is 18.5 Å². The average Bonchev–Trinajstić information content (AvgIpc) is 2.18. The van der Waals surface area contributed by atoms with Gasteiger partial charge in [0, 0.05) is 29.7 Å². The van der Waals surface area contributed by atoms with Crippen LogP contribution in [0.15, 0.2) is 24.2 Å². The van der Waals surface area contributed by atoms with Gasteiger partial charge in [0.25, 0.3) is 0 Å². The van der Waals surface area contributed by atoms with Crippen LogP contribution < -0.4 is 10.5 Å². The third-order valence-corrected chi connectivity index (χ3v) is 1.94. The third kappa shape index (κ3) is 1.16. The third-order valence-electron chi connectivity index (χ3n) is 1.94. The number of hydrogen-bond acceptors (Lipinski definition) is 4. The lowest BCUT2D eigenvalue weighted by Gasteiger charge is -2.18. The summed E-state index contributed by atoms with van der Waals surface area (Å²) in [5, 5.41) is 7.21. The lowest BCUT2D eigenvalue weighted by molar-refractivity contribution is 0.344. The predicted molar refractivity (Wildman–Crippen MR) is 49.6 cm³/mol. The number of nitrogens with two attached hydrogens (primary N) is 1. The van der Waals surface area contributed by atoms with Gasteiger partial charge in [-0.3, -0.25) is 4.98 Å². The standard InChI is InChI=1S/C9H9N3O/c10-3-6-7-4-12-2-1-9(7)13-5-8(6)11/h1-4,10H,5,11H2. The van der Waals surface area contributed by atoms with Gasteiger partial charge in [-0.05, 0) is 6.07 Å². The van der Waals surface area contributed by atoms with Crippen LogP contribution in [0.1, 0.15) is 5.56 Å². The molecule has 0 fully saturated rings. The van der Waals surface area contributed by atoms with Crippen molar-refractivity contribution in [2.24, 2.45) is 5.73 Å². The first kappa shape index (κ1) is 7.79. The first-order valence-corrected chi connectivity index (χ1v) is 3.89. The summed E-state index contributed by atoms with van der Waals surface area (Å²) in [6.07, 6.45) is 4.54. The number of fused-ring (bicyclic) bond motifs is 1. The molecular formula is C9H9N3O. The van der Waals surface area contributed by atoms with Crippen molar-refractivity contribution in [3.63, 3.8) is 0 Å². The van der Waals surface area contributed by atoms with Crippen LogP contribution in [-0.4, -0.2) is 17.8 Å². The van der Waals surface area contributed by atoms with Crippen molar-refractivity contribution in [2.45, 2.75) is 0 Å². The number of hydrogen-bond donors (Lipinski definition) is 2. The molecule has 1 aliphatic heterocycles. The summed E-state index contributed by atoms with van der Waals surface area (Å²) in [7, 11) is 0. The molecule has 1 aliphatic rings. The fourth-order valence-corrected chi connectivity index (χ4v) is 1.29. The first-order valence-electron chi connectivity index (χ1n) is 3.89. The predicted octanol–water partition coefficient (Wildman–Crippen LogP) is 0.793. The van der Waals surface area contributed by atoms with Crippen LogP contribution in [0, 0.1) is 5.41 Å². The van der Waals surface area contributed by atoms with Crippen LogP contribution >= 0.6 is 0 Å². The molecule has 1 aromatic heterocycles. The van der Waals surface area contributed by atoms with Gasteiger partial charge in [0.1, 0.15) is 12.4 Å². The van der Waals surface area contributed by atoms with E-state index in [9.17, 15) is 0 Å². The summed E-state index contributed by atoms with van der Waals surface area (Å²) >= 11 is 0. The quantitative estimate of drug-likeness (QED) is 0.620. The molecule has 66 valence electrons. The maximum atomic E-state index is 7.21. The zero-order valence-electron chi connectivity index (χ0n) is 6.95. The Hall–Kier alpha value is -1.84. The van der Waals surface area contributed by atoms with E-state index in [1.807, 2.05) is 0 Å². The normalized spacial score (nSPS) is 14.8. The second kappa shape index (κ2) is 2.90. The number of allylic oxidation sites excluding steroid dienone is 1. The Morgan fingerprint density at radius 3 is 3.23 bits per heavy atom. The van der Waals surface area contributed by atoms with Crippen LogP contribution in [0.4, 0.5) is 0 Å². The van der Waals surface area contributed by atoms with Crippen molar-refractivity contribution in [1.29, 1.82) is 5.41 Å². The molecule has 2 rings (SSSR count). The summed E-state index contributed by atoms with van der Waals surface area (Å²) in [6, 6.07) is 1.77. The molecule has 2 heterocycles. The Bertz CT molecular complexity index is 384. The molecule has 13 heavy (non-hydrogen) atoms. The molecule has 0 bridgehead atoms. The Labute approximate surface area is 75.6 Å². The molecule has 4 nitrogen and oxygen atoms in total. The van der Waals surface area contributed by atoms with E-state index >= 15 is 0 Å². The van der Waals surface area contributed by atoms with Crippen molar-refractivity contribution in [3.05, 3.63) is 29.7 Å². The topological polar surface area (TPSA) is 72.0 Å². The maximum absolute atomic E-state index is 7.21. The summed E-state index contributed by atoms with van der Waals surface area (Å²) in [5.74, 6) is 0.739. The van der Waals surface area contributed by atoms with Crippen molar-refractivity contribution in [1.82, 2.24) is 4.98 Å². The minimum absolute atomic E-state index is 0.349. The van der Waals surface area contributed by atoms with E-state index in [4.69, 9.17) is 15.9 Å². The molecule has 0 atom stereocenters. The van der Waals surface area contributed by atoms with Gasteiger partial charge in [0.2, 0.25) is 0 Å². The molecule has 0 aliphatic carbocycles. The summed E-state index contributed by atoms with van der Waals surface area (Å²) in [4.78, 5) is 3.96. The highest BCUT2D eigenvalue weighted by molar-refractivity contribution is 6.10. The highest BCUT2D eigenvalue weighted by atomic mass is 16.5. The maximum Gasteiger partial charge on any atom is 0.130 e. The van der Waals surface area contributed by atoms with E-state index in [-0.39, 0.29) is 0 Å². The molecule has 0 spiro atoms. The van der Waals surface area contributed by atoms with Crippen LogP contribution in [0.3, 0.4) is 0 Å². The van der Waals surface area contributed by atoms with Crippen LogP contribution in [0.25, 0.3) is 5.57 Å². The fraction of sp³-hybridized carbons (Fsp3) is 0.111. The van der Waals surface area contributed by atoms with Gasteiger partial charge < -0.3 is 15.9 Å². The highest BCUT2D eigenvalue weighted by Crippen LogP contribution is 2.28. The second-order valence-electron chi connectivity index (χ2n) is 2.74. The summed E-state index contributed by atoms with van der Waals surface area (Å²) in [5.41, 5.74) is 7.76. The smallest absolute Gasteiger partial charge is 0.130 e. The molecule has 0 saturated carbocycles. The van der Waals surface area contributed by atoms with Crippen molar-refractivity contribution < 1.29 is 4.74 Å². The lowest BCUT2D eigenvalue weighted by atomic mass is 10.0. The van der Waals surface area contributed by atoms with Crippen molar-refractivity contribution in [3.8, 4) is 5.75 Å². The monoisotopic (exact) mass is 175 g/mol. The molecule has 0 aromatic carbocycles. The summed E-state index contributed by atoms with van der Waals surface area (Å²) in [6.45, 7) is 0.349. The molecule has 0 amide bonds. The molecule has 1 aromatic rings. The second-order valence-corrected chi connectivity index (χ2v) is 2.74. The van der Waals surface area contributed by atoms with Gasteiger partial charge >= 0.3 is 0 Å². The number of pyridine rings is 1. The van der Waals surface area contributed by atoms with Crippen molar-refractivity contribution in [2.75, 3.05) is 6.61 Å². The Balaban J connectivity index is 2.61. The van der Waals surface area contributed by atoms with Crippen LogP contribution in [0.5, 0.6) is 5.75 Å². The van der Waals surface area contributed by atoms with Gasteiger partial charge in [-0.2, -0.15) is 0 Å². The van der Waals surface area contributed by atoms with Crippen molar-refractivity contribution >= 4 is 11.8 Å². The SMILES string of the molecule is N=CC1=C(N)COc2ccncc21. The highest BCUT2D eigenvalue weighted by Gasteiger charge is 2.16. The number of nitrogens with one attached hydrogen (secondary N) is 1. The molecule has 0 unspecified atom stereocenters. The van der Waals surface area contributed by atoms with Crippen LogP contribution in [-0.2, 0) is 0 Å². The Kier molecular flexibility index (Phi) is 1.73. The Morgan fingerprint density at radius 1 is 1.62 bits per heavy atom. The lowest BCUT2D eigenvalue weighted by Crippen LogP contribution is -2.17. The number of nitrogens with zero attached hydrogens (tertiary/aromatic N) is 1. The van der Waals surface area contributed by atoms with E-state index in [0.29, 0.717) is 17.9 Å². The van der Waals surface area contributed by atoms with Gasteiger partial charge in [0.15, 0.2) is 0 Å². The number of aromatic nitrogens is 1. The molecular weight excluding hydrogens is 166 g/mol. The first-order chi connectivity index (χ1) is 6.33. The minimum atomic E-state index is 0.349. The van der Waals surface area contributed by atoms with Gasteiger partial charge in [-0.25, -0.2) is 0 Å². The summed E-state index contributed by atoms with van der Waals surface area (Å²) < 4.78 is 5.34. The van der Waals surface area contributed by atoms with E-state index in [0.717, 1.165) is 11.3 Å². The number of ether oxygens (including phenoxy) is 1. The van der Waals surface area contributed by atoms with Gasteiger partial charge in [0.05, 0.1) is 5.70 Å². The fourth-order valence-electron chi connectivity index (χ4n) is 1.29. The Morgan fingerprint density at radius 2 is 2.46 bits per heavy atom. The van der Waals surface area contributed by atoms with E-state index in [1.165, 1.54) is 6.21 Å². The zero-order chi connectivity index (χ0) is 9.26. The van der Waals surface area contributed by atoms with E-state index < -0.39 is 0 Å². The minimum Gasteiger partial charge on any atom is -0.487 e. The van der Waals surface area contributed by atoms with Gasteiger partial charge in [-0.1, -0.05) is 0 Å².